The average Bonchev–Trinajstić information content (AvgIpc) is 3.46. The van der Waals surface area contributed by atoms with Crippen LogP contribution in [0.25, 0.3) is 17.3 Å². The second-order valence-corrected chi connectivity index (χ2v) is 13.2. The number of nitrogens with one attached hydrogen (secondary N) is 1. The molecule has 4 aromatic rings. The Morgan fingerprint density at radius 2 is 1.69 bits per heavy atom. The predicted octanol–water partition coefficient (Wildman–Crippen LogP) is 10.2. The zero-order chi connectivity index (χ0) is 33.5. The Morgan fingerprint density at radius 3 is 2.46 bits per heavy atom. The SMILES string of the molecule is CCCCCCCCc1ccc(N2CCCc3cc(/C=C/C4=C(Cl)C(c5c(C(=O)O)[nH]n(-c6ccccc6)c5=O)=CCC4)ccc32)cc1. The van der Waals surface area contributed by atoms with Gasteiger partial charge in [0.1, 0.15) is 0 Å². The van der Waals surface area contributed by atoms with Gasteiger partial charge in [-0.3, -0.25) is 9.89 Å². The molecule has 0 spiro atoms. The van der Waals surface area contributed by atoms with E-state index in [9.17, 15) is 14.7 Å². The summed E-state index contributed by atoms with van der Waals surface area (Å²) in [5, 5.41) is 13.1. The third kappa shape index (κ3) is 7.44. The molecule has 0 radical (unpaired) electrons. The molecular formula is C41H44ClN3O3. The van der Waals surface area contributed by atoms with E-state index >= 15 is 0 Å². The monoisotopic (exact) mass is 661 g/mol. The molecule has 2 heterocycles. The maximum absolute atomic E-state index is 13.5. The van der Waals surface area contributed by atoms with Crippen LogP contribution < -0.4 is 10.5 Å². The van der Waals surface area contributed by atoms with Crippen molar-refractivity contribution in [2.75, 3.05) is 11.4 Å². The Hall–Kier alpha value is -4.55. The largest absolute Gasteiger partial charge is 0.477 e. The third-order valence-corrected chi connectivity index (χ3v) is 9.88. The Kier molecular flexibility index (Phi) is 10.8. The van der Waals surface area contributed by atoms with Gasteiger partial charge in [-0.1, -0.05) is 105 Å². The van der Waals surface area contributed by atoms with Gasteiger partial charge in [0.25, 0.3) is 5.56 Å². The minimum atomic E-state index is -1.21. The van der Waals surface area contributed by atoms with Gasteiger partial charge in [-0.2, -0.15) is 0 Å². The van der Waals surface area contributed by atoms with Crippen molar-refractivity contribution in [1.82, 2.24) is 9.78 Å². The van der Waals surface area contributed by atoms with Gasteiger partial charge in [0.05, 0.1) is 16.3 Å². The molecule has 0 saturated carbocycles. The number of benzene rings is 3. The van der Waals surface area contributed by atoms with E-state index < -0.39 is 11.5 Å². The first-order chi connectivity index (χ1) is 23.4. The number of hydrogen-bond donors (Lipinski definition) is 2. The summed E-state index contributed by atoms with van der Waals surface area (Å²) >= 11 is 6.92. The van der Waals surface area contributed by atoms with Gasteiger partial charge >= 0.3 is 5.97 Å². The number of carboxylic acids is 1. The normalized spacial score (nSPS) is 14.8. The van der Waals surface area contributed by atoms with Crippen molar-refractivity contribution in [1.29, 1.82) is 0 Å². The number of halogens is 1. The van der Waals surface area contributed by atoms with Gasteiger partial charge in [0.15, 0.2) is 5.69 Å². The van der Waals surface area contributed by atoms with E-state index in [0.717, 1.165) is 36.9 Å². The number of anilines is 2. The molecule has 3 aromatic carbocycles. The summed E-state index contributed by atoms with van der Waals surface area (Å²) < 4.78 is 1.26. The number of rotatable bonds is 13. The van der Waals surface area contributed by atoms with E-state index in [-0.39, 0.29) is 11.3 Å². The van der Waals surface area contributed by atoms with Crippen LogP contribution in [0.4, 0.5) is 11.4 Å². The second kappa shape index (κ2) is 15.6. The summed E-state index contributed by atoms with van der Waals surface area (Å²) in [5.41, 5.74) is 7.65. The van der Waals surface area contributed by atoms with E-state index in [4.69, 9.17) is 11.6 Å². The molecule has 0 atom stereocenters. The summed E-state index contributed by atoms with van der Waals surface area (Å²) in [4.78, 5) is 28.1. The lowest BCUT2D eigenvalue weighted by molar-refractivity contribution is 0.0689. The summed E-state index contributed by atoms with van der Waals surface area (Å²) in [6.45, 7) is 3.26. The van der Waals surface area contributed by atoms with Crippen LogP contribution >= 0.6 is 11.6 Å². The first-order valence-corrected chi connectivity index (χ1v) is 17.7. The number of aryl methyl sites for hydroxylation is 2. The van der Waals surface area contributed by atoms with Crippen LogP contribution in [0.1, 0.15) is 97.5 Å². The van der Waals surface area contributed by atoms with Crippen molar-refractivity contribution in [2.24, 2.45) is 0 Å². The molecule has 48 heavy (non-hydrogen) atoms. The molecule has 1 aliphatic carbocycles. The molecule has 0 unspecified atom stereocenters. The van der Waals surface area contributed by atoms with E-state index in [1.807, 2.05) is 18.2 Å². The van der Waals surface area contributed by atoms with Gasteiger partial charge in [-0.25, -0.2) is 9.48 Å². The van der Waals surface area contributed by atoms with Crippen molar-refractivity contribution in [3.63, 3.8) is 0 Å². The highest BCUT2D eigenvalue weighted by Gasteiger charge is 2.27. The number of hydrogen-bond acceptors (Lipinski definition) is 3. The van der Waals surface area contributed by atoms with Crippen LogP contribution in [-0.2, 0) is 12.8 Å². The number of fused-ring (bicyclic) bond motifs is 1. The smallest absolute Gasteiger partial charge is 0.354 e. The highest BCUT2D eigenvalue weighted by Crippen LogP contribution is 2.37. The predicted molar refractivity (Wildman–Crippen MR) is 198 cm³/mol. The van der Waals surface area contributed by atoms with Gasteiger partial charge in [0.2, 0.25) is 0 Å². The maximum atomic E-state index is 13.5. The zero-order valence-corrected chi connectivity index (χ0v) is 28.4. The minimum Gasteiger partial charge on any atom is -0.477 e. The van der Waals surface area contributed by atoms with Crippen molar-refractivity contribution >= 4 is 40.6 Å². The molecule has 0 amide bonds. The lowest BCUT2D eigenvalue weighted by Crippen LogP contribution is -2.24. The molecule has 7 heteroatoms. The van der Waals surface area contributed by atoms with E-state index in [2.05, 4.69) is 65.5 Å². The summed E-state index contributed by atoms with van der Waals surface area (Å²) in [7, 11) is 0. The standard InChI is InChI=1S/C41H44ClN3O3/c1-2-3-4-5-6-8-13-29-20-24-33(25-21-29)44-27-12-15-32-28-30(22-26-36(32)44)19-23-31-14-11-18-35(38(31)42)37-39(41(47)48)43-45(40(37)46)34-16-9-7-10-17-34/h7,9-10,16-26,28,43H,2-6,8,11-15,27H2,1H3,(H,47,48)/b23-19+. The molecule has 0 bridgehead atoms. The average molecular weight is 662 g/mol. The molecule has 0 fully saturated rings. The molecule has 6 rings (SSSR count). The van der Waals surface area contributed by atoms with Crippen LogP contribution in [0.5, 0.6) is 0 Å². The van der Waals surface area contributed by atoms with E-state index in [1.165, 1.54) is 65.7 Å². The van der Waals surface area contributed by atoms with Crippen LogP contribution in [-0.4, -0.2) is 27.4 Å². The number of carbonyl (C=O) groups is 1. The number of carboxylic acid groups (broad SMARTS) is 1. The number of aromatic nitrogens is 2. The molecule has 2 N–H and O–H groups in total. The lowest BCUT2D eigenvalue weighted by atomic mass is 9.93. The third-order valence-electron chi connectivity index (χ3n) is 9.43. The molecule has 1 aliphatic heterocycles. The van der Waals surface area contributed by atoms with Crippen molar-refractivity contribution in [2.45, 2.75) is 77.6 Å². The van der Waals surface area contributed by atoms with Gasteiger partial charge in [-0.15, -0.1) is 0 Å². The van der Waals surface area contributed by atoms with E-state index in [1.54, 1.807) is 24.3 Å². The van der Waals surface area contributed by atoms with Crippen molar-refractivity contribution in [3.8, 4) is 5.69 Å². The van der Waals surface area contributed by atoms with Crippen LogP contribution in [0.3, 0.4) is 0 Å². The summed E-state index contributed by atoms with van der Waals surface area (Å²) in [5.74, 6) is -1.21. The number of unbranched alkanes of at least 4 members (excludes halogenated alkanes) is 5. The Bertz CT molecular complexity index is 1900. The number of aromatic carboxylic acids is 1. The number of aromatic amines is 1. The Morgan fingerprint density at radius 1 is 0.917 bits per heavy atom. The topological polar surface area (TPSA) is 78.3 Å². The fraction of sp³-hybridized carbons (Fsp3) is 0.317. The number of H-pyrrole nitrogens is 1. The van der Waals surface area contributed by atoms with Crippen LogP contribution in [0.2, 0.25) is 0 Å². The second-order valence-electron chi connectivity index (χ2n) is 12.8. The highest BCUT2D eigenvalue weighted by atomic mass is 35.5. The first kappa shape index (κ1) is 33.4. The van der Waals surface area contributed by atoms with E-state index in [0.29, 0.717) is 29.1 Å². The first-order valence-electron chi connectivity index (χ1n) is 17.4. The minimum absolute atomic E-state index is 0.0752. The Balaban J connectivity index is 1.18. The molecular weight excluding hydrogens is 618 g/mol. The fourth-order valence-electron chi connectivity index (χ4n) is 6.85. The quantitative estimate of drug-likeness (QED) is 0.140. The highest BCUT2D eigenvalue weighted by molar-refractivity contribution is 6.38. The van der Waals surface area contributed by atoms with Gasteiger partial charge < -0.3 is 10.0 Å². The van der Waals surface area contributed by atoms with Gasteiger partial charge in [0, 0.05) is 23.5 Å². The molecule has 0 saturated heterocycles. The summed E-state index contributed by atoms with van der Waals surface area (Å²) in [6, 6.07) is 24.7. The molecule has 6 nitrogen and oxygen atoms in total. The fourth-order valence-corrected chi connectivity index (χ4v) is 7.18. The number of para-hydroxylation sites is 1. The maximum Gasteiger partial charge on any atom is 0.354 e. The van der Waals surface area contributed by atoms with Crippen molar-refractivity contribution in [3.05, 3.63) is 134 Å². The lowest BCUT2D eigenvalue weighted by Gasteiger charge is -2.31. The van der Waals surface area contributed by atoms with Crippen molar-refractivity contribution < 1.29 is 9.90 Å². The molecule has 1 aromatic heterocycles. The Labute approximate surface area is 288 Å². The zero-order valence-electron chi connectivity index (χ0n) is 27.7. The molecule has 248 valence electrons. The number of allylic oxidation sites excluding steroid dienone is 5. The van der Waals surface area contributed by atoms with Crippen LogP contribution in [0, 0.1) is 0 Å². The number of nitrogens with zero attached hydrogens (tertiary/aromatic N) is 2. The van der Waals surface area contributed by atoms with Crippen LogP contribution in [0.15, 0.2) is 100 Å². The molecule has 2 aliphatic rings. The van der Waals surface area contributed by atoms with Gasteiger partial charge in [-0.05, 0) is 97.2 Å². The summed E-state index contributed by atoms with van der Waals surface area (Å²) in [6.07, 6.45) is 18.5.